The Balaban J connectivity index is 2.38. The predicted octanol–water partition coefficient (Wildman–Crippen LogP) is 3.00. The summed E-state index contributed by atoms with van der Waals surface area (Å²) < 4.78 is 0. The van der Waals surface area contributed by atoms with Gasteiger partial charge in [0.1, 0.15) is 11.8 Å². The molecule has 1 saturated heterocycles. The van der Waals surface area contributed by atoms with Crippen LogP contribution in [0.3, 0.4) is 0 Å². The molecule has 1 atom stereocenters. The van der Waals surface area contributed by atoms with Crippen LogP contribution in [0.1, 0.15) is 85.0 Å². The number of hydroxylamine groups is 2. The average molecular weight is 423 g/mol. The molecule has 1 aliphatic rings. The number of amides is 3. The van der Waals surface area contributed by atoms with E-state index in [4.69, 9.17) is 4.84 Å². The number of unbranched alkanes of at least 4 members (excludes halogenated alkanes) is 4. The summed E-state index contributed by atoms with van der Waals surface area (Å²) in [7, 11) is 0. The van der Waals surface area contributed by atoms with Crippen molar-refractivity contribution in [2.24, 2.45) is 5.92 Å². The molecule has 1 aliphatic heterocycles. The maximum Gasteiger partial charge on any atom is 0.355 e. The molecule has 30 heavy (non-hydrogen) atoms. The van der Waals surface area contributed by atoms with Crippen molar-refractivity contribution < 1.29 is 28.8 Å². The highest BCUT2D eigenvalue weighted by molar-refractivity contribution is 6.02. The van der Waals surface area contributed by atoms with Crippen molar-refractivity contribution in [3.63, 3.8) is 0 Å². The van der Waals surface area contributed by atoms with Crippen LogP contribution in [0.2, 0.25) is 0 Å². The molecular formula is C22H34N2O6. The Morgan fingerprint density at radius 3 is 2.30 bits per heavy atom. The summed E-state index contributed by atoms with van der Waals surface area (Å²) in [5, 5.41) is 3.00. The Kier molecular flexibility index (Phi) is 11.6. The van der Waals surface area contributed by atoms with Crippen molar-refractivity contribution in [1.29, 1.82) is 0 Å². The highest BCUT2D eigenvalue weighted by Gasteiger charge is 2.36. The quantitative estimate of drug-likeness (QED) is 0.262. The zero-order valence-corrected chi connectivity index (χ0v) is 18.3. The number of rotatable bonds is 14. The second-order valence-corrected chi connectivity index (χ2v) is 7.84. The smallest absolute Gasteiger partial charge is 0.342 e. The maximum atomic E-state index is 12.3. The van der Waals surface area contributed by atoms with Gasteiger partial charge in [0.05, 0.1) is 0 Å². The van der Waals surface area contributed by atoms with Crippen molar-refractivity contribution in [2.75, 3.05) is 0 Å². The molecule has 0 saturated carbocycles. The fraction of sp³-hybridized carbons (Fsp3) is 0.682. The Morgan fingerprint density at radius 2 is 1.70 bits per heavy atom. The van der Waals surface area contributed by atoms with Crippen molar-refractivity contribution in [3.05, 3.63) is 12.2 Å². The van der Waals surface area contributed by atoms with Crippen molar-refractivity contribution in [2.45, 2.75) is 91.0 Å². The fourth-order valence-electron chi connectivity index (χ4n) is 2.92. The number of nitrogens with zero attached hydrogens (tertiary/aromatic N) is 1. The van der Waals surface area contributed by atoms with Gasteiger partial charge in [-0.05, 0) is 18.8 Å². The Morgan fingerprint density at radius 1 is 1.03 bits per heavy atom. The molecule has 3 amide bonds. The minimum atomic E-state index is -1.02. The van der Waals surface area contributed by atoms with E-state index in [1.807, 2.05) is 12.2 Å². The zero-order chi connectivity index (χ0) is 22.5. The van der Waals surface area contributed by atoms with Crippen LogP contribution in [0, 0.1) is 5.92 Å². The van der Waals surface area contributed by atoms with Crippen LogP contribution in [-0.2, 0) is 28.8 Å². The van der Waals surface area contributed by atoms with Crippen LogP contribution >= 0.6 is 0 Å². The molecule has 1 fully saturated rings. The Labute approximate surface area is 178 Å². The van der Waals surface area contributed by atoms with Gasteiger partial charge < -0.3 is 10.2 Å². The first-order valence-electron chi connectivity index (χ1n) is 10.8. The number of carbonyl (C=O) groups excluding carboxylic acids is 5. The summed E-state index contributed by atoms with van der Waals surface area (Å²) in [6.07, 6.45) is 9.83. The number of hydrogen-bond donors (Lipinski definition) is 1. The topological polar surface area (TPSA) is 110 Å². The third-order valence-electron chi connectivity index (χ3n) is 4.79. The van der Waals surface area contributed by atoms with Crippen LogP contribution in [0.5, 0.6) is 0 Å². The van der Waals surface area contributed by atoms with Gasteiger partial charge in [-0.1, -0.05) is 52.2 Å². The highest BCUT2D eigenvalue weighted by atomic mass is 16.7. The molecule has 1 heterocycles. The summed E-state index contributed by atoms with van der Waals surface area (Å²) in [5.41, 5.74) is 0. The van der Waals surface area contributed by atoms with E-state index in [0.29, 0.717) is 5.06 Å². The Bertz CT molecular complexity index is 640. The van der Waals surface area contributed by atoms with Gasteiger partial charge in [-0.3, -0.25) is 19.2 Å². The van der Waals surface area contributed by atoms with E-state index in [9.17, 15) is 24.0 Å². The van der Waals surface area contributed by atoms with E-state index < -0.39 is 29.7 Å². The molecule has 0 spiro atoms. The Hall–Kier alpha value is -2.51. The number of ketones is 1. The van der Waals surface area contributed by atoms with E-state index in [0.717, 1.165) is 12.8 Å². The molecule has 168 valence electrons. The second kappa shape index (κ2) is 13.7. The lowest BCUT2D eigenvalue weighted by atomic mass is 10.0. The number of imide groups is 1. The first kappa shape index (κ1) is 25.5. The van der Waals surface area contributed by atoms with Crippen LogP contribution < -0.4 is 5.32 Å². The zero-order valence-electron chi connectivity index (χ0n) is 18.3. The molecule has 1 rings (SSSR count). The second-order valence-electron chi connectivity index (χ2n) is 7.84. The van der Waals surface area contributed by atoms with Gasteiger partial charge in [0.15, 0.2) is 0 Å². The average Bonchev–Trinajstić information content (AvgIpc) is 3.01. The molecule has 0 bridgehead atoms. The summed E-state index contributed by atoms with van der Waals surface area (Å²) in [5.74, 6) is -2.86. The highest BCUT2D eigenvalue weighted by Crippen LogP contribution is 2.14. The number of carbonyl (C=O) groups is 5. The van der Waals surface area contributed by atoms with E-state index >= 15 is 0 Å². The van der Waals surface area contributed by atoms with Gasteiger partial charge in [0.25, 0.3) is 11.8 Å². The van der Waals surface area contributed by atoms with Gasteiger partial charge in [-0.2, -0.15) is 0 Å². The molecule has 8 heteroatoms. The molecule has 0 aromatic heterocycles. The van der Waals surface area contributed by atoms with Crippen molar-refractivity contribution >= 4 is 29.5 Å². The molecule has 0 aromatic rings. The number of hydrogen-bond acceptors (Lipinski definition) is 6. The van der Waals surface area contributed by atoms with Gasteiger partial charge in [0, 0.05) is 32.1 Å². The molecule has 8 nitrogen and oxygen atoms in total. The monoisotopic (exact) mass is 422 g/mol. The minimum Gasteiger partial charge on any atom is -0.342 e. The van der Waals surface area contributed by atoms with Crippen LogP contribution in [0.4, 0.5) is 0 Å². The molecule has 0 unspecified atom stereocenters. The van der Waals surface area contributed by atoms with Crippen LogP contribution in [-0.4, -0.2) is 40.6 Å². The SMILES string of the molecule is CCCCCC/C=C\CC(=O)CCC(=O)N[C@H](C(=O)ON1C(=O)CCC1=O)C(C)C. The number of Topliss-reactive ketones (excluding diaryl/α,β-unsaturated/α-hetero) is 1. The molecule has 0 aromatic carbocycles. The summed E-state index contributed by atoms with van der Waals surface area (Å²) >= 11 is 0. The summed E-state index contributed by atoms with van der Waals surface area (Å²) in [4.78, 5) is 64.5. The van der Waals surface area contributed by atoms with Crippen LogP contribution in [0.15, 0.2) is 12.2 Å². The predicted molar refractivity (Wildman–Crippen MR) is 111 cm³/mol. The molecule has 0 aliphatic carbocycles. The third-order valence-corrected chi connectivity index (χ3v) is 4.79. The van der Waals surface area contributed by atoms with E-state index in [1.54, 1.807) is 13.8 Å². The van der Waals surface area contributed by atoms with Gasteiger partial charge in [-0.15, -0.1) is 5.06 Å². The molecule has 1 N–H and O–H groups in total. The van der Waals surface area contributed by atoms with Crippen LogP contribution in [0.25, 0.3) is 0 Å². The summed E-state index contributed by atoms with van der Waals surface area (Å²) in [6, 6.07) is -1.02. The van der Waals surface area contributed by atoms with Crippen molar-refractivity contribution in [1.82, 2.24) is 10.4 Å². The lowest BCUT2D eigenvalue weighted by Gasteiger charge is -2.22. The lowest BCUT2D eigenvalue weighted by Crippen LogP contribution is -2.48. The van der Waals surface area contributed by atoms with Crippen molar-refractivity contribution in [3.8, 4) is 0 Å². The maximum absolute atomic E-state index is 12.3. The molecule has 0 radical (unpaired) electrons. The van der Waals surface area contributed by atoms with Gasteiger partial charge in [0.2, 0.25) is 5.91 Å². The normalized spacial score (nSPS) is 15.1. The van der Waals surface area contributed by atoms with E-state index in [1.165, 1.54) is 19.3 Å². The van der Waals surface area contributed by atoms with E-state index in [-0.39, 0.29) is 43.8 Å². The third kappa shape index (κ3) is 9.33. The van der Waals surface area contributed by atoms with Gasteiger partial charge >= 0.3 is 5.97 Å². The van der Waals surface area contributed by atoms with Gasteiger partial charge in [-0.25, -0.2) is 4.79 Å². The first-order chi connectivity index (χ1) is 14.3. The minimum absolute atomic E-state index is 0.000115. The first-order valence-corrected chi connectivity index (χ1v) is 10.8. The number of allylic oxidation sites excluding steroid dienone is 2. The fourth-order valence-corrected chi connectivity index (χ4v) is 2.92. The molecular weight excluding hydrogens is 388 g/mol. The standard InChI is InChI=1S/C22H34N2O6/c1-4-5-6-7-8-9-10-11-17(25)12-13-18(26)23-21(16(2)3)22(29)30-24-19(27)14-15-20(24)28/h9-10,16,21H,4-8,11-15H2,1-3H3,(H,23,26)/b10-9-/t21-/m0/s1. The van der Waals surface area contributed by atoms with E-state index in [2.05, 4.69) is 12.2 Å². The number of nitrogens with one attached hydrogen (secondary N) is 1. The summed E-state index contributed by atoms with van der Waals surface area (Å²) in [6.45, 7) is 5.57. The largest absolute Gasteiger partial charge is 0.355 e. The lowest BCUT2D eigenvalue weighted by molar-refractivity contribution is -0.199.